The number of hydrogen-bond acceptors (Lipinski definition) is 5. The lowest BCUT2D eigenvalue weighted by Crippen LogP contribution is -2.45. The van der Waals surface area contributed by atoms with Gasteiger partial charge < -0.3 is 24.6 Å². The summed E-state index contributed by atoms with van der Waals surface area (Å²) in [5.41, 5.74) is 0. The monoisotopic (exact) mass is 271 g/mol. The van der Waals surface area contributed by atoms with Gasteiger partial charge in [-0.25, -0.2) is 0 Å². The van der Waals surface area contributed by atoms with Gasteiger partial charge in [-0.1, -0.05) is 0 Å². The van der Waals surface area contributed by atoms with Gasteiger partial charge in [0.15, 0.2) is 0 Å². The van der Waals surface area contributed by atoms with Gasteiger partial charge >= 0.3 is 0 Å². The van der Waals surface area contributed by atoms with Gasteiger partial charge in [0, 0.05) is 45.7 Å². The standard InChI is InChI=1S/C13H25N3O3/c1-15-4-9-19-12(11-15)10-14-3-2-13(17)16-5-7-18-8-6-16/h12,14H,2-11H2,1H3/t12-/m1/s1. The van der Waals surface area contributed by atoms with E-state index < -0.39 is 0 Å². The van der Waals surface area contributed by atoms with Crippen molar-refractivity contribution in [3.05, 3.63) is 0 Å². The Morgan fingerprint density at radius 1 is 1.26 bits per heavy atom. The molecule has 1 N–H and O–H groups in total. The Kier molecular flexibility index (Phi) is 6.03. The maximum atomic E-state index is 11.9. The predicted molar refractivity (Wildman–Crippen MR) is 72.1 cm³/mol. The summed E-state index contributed by atoms with van der Waals surface area (Å²) in [6.07, 6.45) is 0.806. The lowest BCUT2D eigenvalue weighted by molar-refractivity contribution is -0.135. The van der Waals surface area contributed by atoms with Crippen LogP contribution in [-0.2, 0) is 14.3 Å². The van der Waals surface area contributed by atoms with E-state index in [0.29, 0.717) is 19.6 Å². The van der Waals surface area contributed by atoms with Crippen LogP contribution in [0.1, 0.15) is 6.42 Å². The molecule has 0 radical (unpaired) electrons. The zero-order valence-electron chi connectivity index (χ0n) is 11.8. The first-order valence-electron chi connectivity index (χ1n) is 7.12. The number of nitrogens with zero attached hydrogens (tertiary/aromatic N) is 2. The molecule has 0 spiro atoms. The van der Waals surface area contributed by atoms with Crippen LogP contribution in [0.5, 0.6) is 0 Å². The van der Waals surface area contributed by atoms with Crippen molar-refractivity contribution >= 4 is 5.91 Å². The molecule has 1 atom stereocenters. The van der Waals surface area contributed by atoms with Gasteiger partial charge in [0.1, 0.15) is 0 Å². The minimum atomic E-state index is 0.220. The molecular weight excluding hydrogens is 246 g/mol. The Hall–Kier alpha value is -0.690. The van der Waals surface area contributed by atoms with Crippen molar-refractivity contribution in [3.8, 4) is 0 Å². The molecule has 2 rings (SSSR count). The molecule has 0 bridgehead atoms. The molecule has 0 aromatic heterocycles. The SMILES string of the molecule is CN1CCO[C@H](CNCCC(=O)N2CCOCC2)C1. The fourth-order valence-electron chi connectivity index (χ4n) is 2.42. The molecule has 2 aliphatic heterocycles. The van der Waals surface area contributed by atoms with E-state index in [-0.39, 0.29) is 12.0 Å². The summed E-state index contributed by atoms with van der Waals surface area (Å²) in [5.74, 6) is 0.220. The second-order valence-electron chi connectivity index (χ2n) is 5.20. The molecule has 0 aliphatic carbocycles. The van der Waals surface area contributed by atoms with Crippen LogP contribution in [0, 0.1) is 0 Å². The number of amides is 1. The topological polar surface area (TPSA) is 54.0 Å². The lowest BCUT2D eigenvalue weighted by Gasteiger charge is -2.30. The minimum Gasteiger partial charge on any atom is -0.378 e. The Morgan fingerprint density at radius 2 is 2.05 bits per heavy atom. The number of morpholine rings is 2. The summed E-state index contributed by atoms with van der Waals surface area (Å²) in [6, 6.07) is 0. The summed E-state index contributed by atoms with van der Waals surface area (Å²) >= 11 is 0. The van der Waals surface area contributed by atoms with Gasteiger partial charge in [0.2, 0.25) is 5.91 Å². The third-order valence-electron chi connectivity index (χ3n) is 3.59. The molecule has 6 heteroatoms. The van der Waals surface area contributed by atoms with Crippen molar-refractivity contribution in [1.29, 1.82) is 0 Å². The van der Waals surface area contributed by atoms with Crippen molar-refractivity contribution in [2.24, 2.45) is 0 Å². The quantitative estimate of drug-likeness (QED) is 0.661. The van der Waals surface area contributed by atoms with Crippen molar-refractivity contribution in [1.82, 2.24) is 15.1 Å². The molecule has 0 unspecified atom stereocenters. The van der Waals surface area contributed by atoms with Crippen LogP contribution in [-0.4, -0.2) is 87.9 Å². The van der Waals surface area contributed by atoms with E-state index in [9.17, 15) is 4.79 Å². The van der Waals surface area contributed by atoms with Gasteiger partial charge in [-0.05, 0) is 7.05 Å². The Labute approximate surface area is 115 Å². The average Bonchev–Trinajstić information content (AvgIpc) is 2.44. The van der Waals surface area contributed by atoms with Gasteiger partial charge in [-0.2, -0.15) is 0 Å². The van der Waals surface area contributed by atoms with Gasteiger partial charge in [0.05, 0.1) is 25.9 Å². The van der Waals surface area contributed by atoms with Crippen molar-refractivity contribution in [2.75, 3.05) is 66.1 Å². The summed E-state index contributed by atoms with van der Waals surface area (Å²) in [6.45, 7) is 7.11. The highest BCUT2D eigenvalue weighted by Crippen LogP contribution is 2.02. The maximum absolute atomic E-state index is 11.9. The average molecular weight is 271 g/mol. The third kappa shape index (κ3) is 5.06. The lowest BCUT2D eigenvalue weighted by atomic mass is 10.2. The Morgan fingerprint density at radius 3 is 2.79 bits per heavy atom. The molecule has 110 valence electrons. The molecule has 2 aliphatic rings. The van der Waals surface area contributed by atoms with Gasteiger partial charge in [0.25, 0.3) is 0 Å². The fourth-order valence-corrected chi connectivity index (χ4v) is 2.42. The van der Waals surface area contributed by atoms with Crippen LogP contribution >= 0.6 is 0 Å². The number of nitrogens with one attached hydrogen (secondary N) is 1. The van der Waals surface area contributed by atoms with E-state index in [4.69, 9.17) is 9.47 Å². The fraction of sp³-hybridized carbons (Fsp3) is 0.923. The summed E-state index contributed by atoms with van der Waals surface area (Å²) in [5, 5.41) is 3.32. The number of hydrogen-bond donors (Lipinski definition) is 1. The van der Waals surface area contributed by atoms with E-state index in [1.807, 2.05) is 4.90 Å². The molecule has 1 amide bonds. The molecule has 2 fully saturated rings. The molecular formula is C13H25N3O3. The molecule has 2 heterocycles. The third-order valence-corrected chi connectivity index (χ3v) is 3.59. The van der Waals surface area contributed by atoms with Crippen LogP contribution in [0.4, 0.5) is 0 Å². The van der Waals surface area contributed by atoms with Gasteiger partial charge in [-0.15, -0.1) is 0 Å². The first kappa shape index (κ1) is 14.7. The molecule has 0 aromatic rings. The number of carbonyl (C=O) groups excluding carboxylic acids is 1. The smallest absolute Gasteiger partial charge is 0.224 e. The second-order valence-corrected chi connectivity index (χ2v) is 5.20. The number of carbonyl (C=O) groups is 1. The summed E-state index contributed by atoms with van der Waals surface area (Å²) in [4.78, 5) is 16.0. The Balaban J connectivity index is 1.54. The van der Waals surface area contributed by atoms with E-state index in [0.717, 1.165) is 45.9 Å². The van der Waals surface area contributed by atoms with Crippen molar-refractivity contribution < 1.29 is 14.3 Å². The first-order chi connectivity index (χ1) is 9.25. The van der Waals surface area contributed by atoms with Crippen molar-refractivity contribution in [3.63, 3.8) is 0 Å². The minimum absolute atomic E-state index is 0.220. The molecule has 0 aromatic carbocycles. The zero-order chi connectivity index (χ0) is 13.5. The van der Waals surface area contributed by atoms with E-state index >= 15 is 0 Å². The van der Waals surface area contributed by atoms with Crippen molar-refractivity contribution in [2.45, 2.75) is 12.5 Å². The van der Waals surface area contributed by atoms with Crippen LogP contribution in [0.25, 0.3) is 0 Å². The normalized spacial score (nSPS) is 25.5. The highest BCUT2D eigenvalue weighted by Gasteiger charge is 2.18. The van der Waals surface area contributed by atoms with E-state index in [1.54, 1.807) is 0 Å². The van der Waals surface area contributed by atoms with Gasteiger partial charge in [-0.3, -0.25) is 4.79 Å². The van der Waals surface area contributed by atoms with E-state index in [2.05, 4.69) is 17.3 Å². The highest BCUT2D eigenvalue weighted by atomic mass is 16.5. The molecule has 2 saturated heterocycles. The second kappa shape index (κ2) is 7.79. The highest BCUT2D eigenvalue weighted by molar-refractivity contribution is 5.76. The van der Waals surface area contributed by atoms with Crippen LogP contribution in [0.2, 0.25) is 0 Å². The predicted octanol–water partition coefficient (Wildman–Crippen LogP) is -0.844. The molecule has 6 nitrogen and oxygen atoms in total. The zero-order valence-corrected chi connectivity index (χ0v) is 11.8. The maximum Gasteiger partial charge on any atom is 0.224 e. The number of ether oxygens (including phenoxy) is 2. The first-order valence-corrected chi connectivity index (χ1v) is 7.12. The number of likely N-dealkylation sites (N-methyl/N-ethyl adjacent to an activating group) is 1. The van der Waals surface area contributed by atoms with Crippen LogP contribution in [0.3, 0.4) is 0 Å². The summed E-state index contributed by atoms with van der Waals surface area (Å²) in [7, 11) is 2.11. The molecule has 0 saturated carbocycles. The largest absolute Gasteiger partial charge is 0.378 e. The number of rotatable bonds is 5. The van der Waals surface area contributed by atoms with Crippen LogP contribution in [0.15, 0.2) is 0 Å². The Bertz CT molecular complexity index is 282. The summed E-state index contributed by atoms with van der Waals surface area (Å²) < 4.78 is 10.9. The van der Waals surface area contributed by atoms with E-state index in [1.165, 1.54) is 0 Å². The van der Waals surface area contributed by atoms with Crippen LogP contribution < -0.4 is 5.32 Å². The molecule has 19 heavy (non-hydrogen) atoms.